The Hall–Kier alpha value is -3.72. The number of ether oxygens (including phenoxy) is 1. The molecule has 0 atom stereocenters. The summed E-state index contributed by atoms with van der Waals surface area (Å²) in [4.78, 5) is 29.9. The molecule has 2 aromatic carbocycles. The number of nitrogens with one attached hydrogen (secondary N) is 2. The zero-order valence-corrected chi connectivity index (χ0v) is 18.6. The number of thiazole rings is 1. The van der Waals surface area contributed by atoms with Crippen LogP contribution in [0.5, 0.6) is 5.75 Å². The van der Waals surface area contributed by atoms with Gasteiger partial charge in [0, 0.05) is 23.9 Å². The fourth-order valence-electron chi connectivity index (χ4n) is 3.22. The van der Waals surface area contributed by atoms with Crippen molar-refractivity contribution in [3.05, 3.63) is 65.2 Å². The van der Waals surface area contributed by atoms with Crippen molar-refractivity contribution in [2.75, 3.05) is 18.5 Å². The molecule has 0 unspecified atom stereocenters. The average molecular weight is 450 g/mol. The summed E-state index contributed by atoms with van der Waals surface area (Å²) < 4.78 is 7.25. The van der Waals surface area contributed by atoms with Crippen LogP contribution in [0.15, 0.2) is 53.9 Å². The Labute approximate surface area is 189 Å². The maximum Gasteiger partial charge on any atom is 0.313 e. The normalized spacial score (nSPS) is 10.8. The summed E-state index contributed by atoms with van der Waals surface area (Å²) in [6.07, 6.45) is 0.519. The maximum absolute atomic E-state index is 12.3. The number of hydrogen-bond donors (Lipinski definition) is 2. The van der Waals surface area contributed by atoms with Crippen molar-refractivity contribution in [2.45, 2.75) is 20.3 Å². The van der Waals surface area contributed by atoms with Crippen LogP contribution in [0.4, 0.5) is 5.69 Å². The smallest absolute Gasteiger partial charge is 0.313 e. The van der Waals surface area contributed by atoms with Crippen molar-refractivity contribution in [3.8, 4) is 17.1 Å². The number of aromatic nitrogens is 3. The molecule has 2 aromatic heterocycles. The number of fused-ring (bicyclic) bond motifs is 1. The Morgan fingerprint density at radius 3 is 2.78 bits per heavy atom. The van der Waals surface area contributed by atoms with Crippen molar-refractivity contribution < 1.29 is 14.3 Å². The average Bonchev–Trinajstić information content (AvgIpc) is 3.37. The molecule has 0 aliphatic heterocycles. The fourth-order valence-corrected chi connectivity index (χ4v) is 4.07. The Morgan fingerprint density at radius 1 is 1.12 bits per heavy atom. The summed E-state index contributed by atoms with van der Waals surface area (Å²) in [5.74, 6) is -0.262. The summed E-state index contributed by atoms with van der Waals surface area (Å²) in [6.45, 7) is 4.64. The first-order chi connectivity index (χ1) is 15.5. The first-order valence-electron chi connectivity index (χ1n) is 10.3. The number of carbonyl (C=O) groups is 2. The number of amides is 2. The van der Waals surface area contributed by atoms with E-state index in [2.05, 4.69) is 20.7 Å². The highest BCUT2D eigenvalue weighted by Crippen LogP contribution is 2.24. The summed E-state index contributed by atoms with van der Waals surface area (Å²) >= 11 is 1.49. The topological polar surface area (TPSA) is 97.6 Å². The van der Waals surface area contributed by atoms with Gasteiger partial charge in [-0.15, -0.1) is 16.4 Å². The number of rotatable bonds is 7. The molecule has 0 spiro atoms. The molecule has 0 aliphatic rings. The molecular formula is C23H23N5O3S. The molecule has 0 fully saturated rings. The van der Waals surface area contributed by atoms with Crippen LogP contribution in [0, 0.1) is 6.92 Å². The summed E-state index contributed by atoms with van der Waals surface area (Å²) in [7, 11) is 0. The number of benzene rings is 2. The van der Waals surface area contributed by atoms with Gasteiger partial charge >= 0.3 is 11.8 Å². The first kappa shape index (κ1) is 21.5. The van der Waals surface area contributed by atoms with Gasteiger partial charge in [-0.25, -0.2) is 4.52 Å². The number of para-hydroxylation sites is 2. The SMILES string of the molecule is CCOc1ccccc1NC(=O)C(=O)NCCc1csc2nc(-c3cccc(C)c3)nn12. The zero-order chi connectivity index (χ0) is 22.5. The summed E-state index contributed by atoms with van der Waals surface area (Å²) in [5, 5.41) is 11.8. The number of aryl methyl sites for hydroxylation is 1. The van der Waals surface area contributed by atoms with Crippen LogP contribution in [0.1, 0.15) is 18.2 Å². The molecule has 164 valence electrons. The van der Waals surface area contributed by atoms with Gasteiger partial charge in [-0.2, -0.15) is 4.98 Å². The molecule has 8 nitrogen and oxygen atoms in total. The van der Waals surface area contributed by atoms with Crippen molar-refractivity contribution in [1.82, 2.24) is 19.9 Å². The molecule has 2 N–H and O–H groups in total. The highest BCUT2D eigenvalue weighted by atomic mass is 32.1. The number of anilines is 1. The van der Waals surface area contributed by atoms with Gasteiger partial charge in [-0.1, -0.05) is 35.9 Å². The van der Waals surface area contributed by atoms with Crippen LogP contribution in [0.3, 0.4) is 0 Å². The Balaban J connectivity index is 1.36. The van der Waals surface area contributed by atoms with Gasteiger partial charge in [-0.05, 0) is 32.0 Å². The molecule has 0 aliphatic carbocycles. The zero-order valence-electron chi connectivity index (χ0n) is 17.8. The molecule has 2 amide bonds. The molecule has 0 saturated heterocycles. The molecular weight excluding hydrogens is 426 g/mol. The number of carbonyl (C=O) groups excluding carboxylic acids is 2. The lowest BCUT2D eigenvalue weighted by Crippen LogP contribution is -2.36. The van der Waals surface area contributed by atoms with Gasteiger partial charge in [-0.3, -0.25) is 9.59 Å². The molecule has 9 heteroatoms. The Morgan fingerprint density at radius 2 is 1.97 bits per heavy atom. The van der Waals surface area contributed by atoms with E-state index < -0.39 is 11.8 Å². The lowest BCUT2D eigenvalue weighted by Gasteiger charge is -2.11. The number of nitrogens with zero attached hydrogens (tertiary/aromatic N) is 3. The third kappa shape index (κ3) is 4.78. The van der Waals surface area contributed by atoms with Gasteiger partial charge in [0.25, 0.3) is 0 Å². The highest BCUT2D eigenvalue weighted by Gasteiger charge is 2.16. The molecule has 4 aromatic rings. The lowest BCUT2D eigenvalue weighted by molar-refractivity contribution is -0.136. The van der Waals surface area contributed by atoms with E-state index in [0.717, 1.165) is 21.8 Å². The molecule has 0 radical (unpaired) electrons. The lowest BCUT2D eigenvalue weighted by atomic mass is 10.1. The van der Waals surface area contributed by atoms with Crippen molar-refractivity contribution in [2.24, 2.45) is 0 Å². The van der Waals surface area contributed by atoms with Crippen molar-refractivity contribution >= 4 is 33.8 Å². The van der Waals surface area contributed by atoms with Crippen LogP contribution in [0.2, 0.25) is 0 Å². The van der Waals surface area contributed by atoms with Gasteiger partial charge in [0.15, 0.2) is 5.82 Å². The van der Waals surface area contributed by atoms with E-state index in [1.54, 1.807) is 28.8 Å². The maximum atomic E-state index is 12.3. The third-order valence-electron chi connectivity index (χ3n) is 4.73. The van der Waals surface area contributed by atoms with Crippen LogP contribution in [-0.4, -0.2) is 39.6 Å². The highest BCUT2D eigenvalue weighted by molar-refractivity contribution is 7.15. The van der Waals surface area contributed by atoms with E-state index >= 15 is 0 Å². The largest absolute Gasteiger partial charge is 0.492 e. The summed E-state index contributed by atoms with van der Waals surface area (Å²) in [6, 6.07) is 15.0. The van der Waals surface area contributed by atoms with Gasteiger partial charge in [0.05, 0.1) is 18.0 Å². The predicted octanol–water partition coefficient (Wildman–Crippen LogP) is 3.46. The Kier molecular flexibility index (Phi) is 6.46. The Bertz CT molecular complexity index is 1260. The first-order valence-corrected chi connectivity index (χ1v) is 11.1. The second-order valence-corrected chi connectivity index (χ2v) is 7.95. The third-order valence-corrected chi connectivity index (χ3v) is 5.60. The van der Waals surface area contributed by atoms with E-state index in [1.165, 1.54) is 11.3 Å². The van der Waals surface area contributed by atoms with Crippen LogP contribution < -0.4 is 15.4 Å². The van der Waals surface area contributed by atoms with Gasteiger partial charge < -0.3 is 15.4 Å². The van der Waals surface area contributed by atoms with E-state index in [1.807, 2.05) is 43.5 Å². The van der Waals surface area contributed by atoms with Gasteiger partial charge in [0.2, 0.25) is 4.96 Å². The van der Waals surface area contributed by atoms with E-state index in [-0.39, 0.29) is 0 Å². The fraction of sp³-hybridized carbons (Fsp3) is 0.217. The quantitative estimate of drug-likeness (QED) is 0.421. The predicted molar refractivity (Wildman–Crippen MR) is 124 cm³/mol. The van der Waals surface area contributed by atoms with E-state index in [0.29, 0.717) is 36.8 Å². The van der Waals surface area contributed by atoms with E-state index in [4.69, 9.17) is 4.74 Å². The minimum Gasteiger partial charge on any atom is -0.492 e. The molecule has 2 heterocycles. The second-order valence-electron chi connectivity index (χ2n) is 7.12. The minimum atomic E-state index is -0.741. The number of hydrogen-bond acceptors (Lipinski definition) is 6. The second kappa shape index (κ2) is 9.61. The summed E-state index contributed by atoms with van der Waals surface area (Å²) in [5.41, 5.74) is 3.48. The van der Waals surface area contributed by atoms with E-state index in [9.17, 15) is 9.59 Å². The van der Waals surface area contributed by atoms with Crippen LogP contribution in [-0.2, 0) is 16.0 Å². The van der Waals surface area contributed by atoms with Crippen LogP contribution >= 0.6 is 11.3 Å². The minimum absolute atomic E-state index is 0.296. The molecule has 4 rings (SSSR count). The van der Waals surface area contributed by atoms with Crippen molar-refractivity contribution in [3.63, 3.8) is 0 Å². The molecule has 32 heavy (non-hydrogen) atoms. The van der Waals surface area contributed by atoms with Gasteiger partial charge in [0.1, 0.15) is 5.75 Å². The molecule has 0 bridgehead atoms. The molecule has 0 saturated carbocycles. The standard InChI is InChI=1S/C23H23N5O3S/c1-3-31-19-10-5-4-9-18(19)25-22(30)21(29)24-12-11-17-14-32-23-26-20(27-28(17)23)16-8-6-7-15(2)13-16/h4-10,13-14H,3,11-12H2,1-2H3,(H,24,29)(H,25,30). The monoisotopic (exact) mass is 449 g/mol. The van der Waals surface area contributed by atoms with Crippen LogP contribution in [0.25, 0.3) is 16.3 Å². The van der Waals surface area contributed by atoms with Crippen molar-refractivity contribution in [1.29, 1.82) is 0 Å².